The van der Waals surface area contributed by atoms with Crippen molar-refractivity contribution in [2.45, 2.75) is 12.8 Å². The molecule has 0 radical (unpaired) electrons. The van der Waals surface area contributed by atoms with Crippen LogP contribution in [0.4, 0.5) is 0 Å². The van der Waals surface area contributed by atoms with Crippen molar-refractivity contribution in [3.8, 4) is 11.4 Å². The molecule has 8 heteroatoms. The van der Waals surface area contributed by atoms with Gasteiger partial charge in [-0.25, -0.2) is 4.98 Å². The zero-order valence-electron chi connectivity index (χ0n) is 19.8. The van der Waals surface area contributed by atoms with Crippen LogP contribution in [-0.2, 0) is 0 Å². The van der Waals surface area contributed by atoms with Crippen molar-refractivity contribution in [2.24, 2.45) is 27.7 Å². The largest absolute Gasteiger partial charge is 0.309 e. The number of nitrogens with two attached hydrogens (primary N) is 1. The first-order valence-corrected chi connectivity index (χ1v) is 12.2. The first kappa shape index (κ1) is 22.2. The van der Waals surface area contributed by atoms with E-state index in [0.717, 1.165) is 53.1 Å². The highest BCUT2D eigenvalue weighted by Gasteiger charge is 2.48. The van der Waals surface area contributed by atoms with Crippen LogP contribution in [0.25, 0.3) is 22.3 Å². The maximum absolute atomic E-state index is 7.02. The number of rotatable bonds is 5. The normalized spacial score (nSPS) is 25.2. The van der Waals surface area contributed by atoms with Gasteiger partial charge < -0.3 is 4.90 Å². The highest BCUT2D eigenvalue weighted by Crippen LogP contribution is 2.45. The second-order valence-corrected chi connectivity index (χ2v) is 10.1. The van der Waals surface area contributed by atoms with Gasteiger partial charge in [0.15, 0.2) is 0 Å². The number of aromatic nitrogens is 2. The molecule has 1 unspecified atom stereocenters. The van der Waals surface area contributed by atoms with Gasteiger partial charge in [0, 0.05) is 24.0 Å². The monoisotopic (exact) mass is 484 g/mol. The van der Waals surface area contributed by atoms with Crippen LogP contribution in [-0.4, -0.2) is 52.2 Å². The van der Waals surface area contributed by atoms with Crippen molar-refractivity contribution in [3.63, 3.8) is 0 Å². The van der Waals surface area contributed by atoms with Gasteiger partial charge in [0.05, 0.1) is 39.9 Å². The lowest BCUT2D eigenvalue weighted by atomic mass is 9.72. The topological polar surface area (TPSA) is 79.8 Å². The van der Waals surface area contributed by atoms with Gasteiger partial charge in [-0.05, 0) is 57.1 Å². The second kappa shape index (κ2) is 8.46. The maximum Gasteiger partial charge on any atom is 0.266 e. The fraction of sp³-hybridized carbons (Fsp3) is 0.259. The highest BCUT2D eigenvalue weighted by atomic mass is 35.5. The van der Waals surface area contributed by atoms with Crippen molar-refractivity contribution in [3.05, 3.63) is 83.0 Å². The molecule has 1 aliphatic carbocycles. The lowest BCUT2D eigenvalue weighted by Gasteiger charge is -2.36. The number of aliphatic imine (C=N–C) groups is 2. The molecule has 2 N–H and O–H groups in total. The first-order chi connectivity index (χ1) is 16.9. The van der Waals surface area contributed by atoms with Gasteiger partial charge in [-0.2, -0.15) is 10.8 Å². The lowest BCUT2D eigenvalue weighted by molar-refractivity contribution is -0.750. The van der Waals surface area contributed by atoms with Crippen LogP contribution in [0.15, 0.2) is 82.4 Å². The molecule has 0 saturated heterocycles. The van der Waals surface area contributed by atoms with E-state index in [1.54, 1.807) is 12.4 Å². The zero-order chi connectivity index (χ0) is 24.2. The Balaban J connectivity index is 1.41. The number of halogens is 1. The van der Waals surface area contributed by atoms with Crippen molar-refractivity contribution in [2.75, 3.05) is 20.6 Å². The summed E-state index contributed by atoms with van der Waals surface area (Å²) in [7, 11) is 4.24. The Morgan fingerprint density at radius 3 is 2.69 bits per heavy atom. The van der Waals surface area contributed by atoms with Gasteiger partial charge in [0.25, 0.3) is 5.84 Å². The van der Waals surface area contributed by atoms with E-state index in [1.807, 2.05) is 54.9 Å². The molecule has 176 valence electrons. The van der Waals surface area contributed by atoms with E-state index >= 15 is 0 Å². The Kier molecular flexibility index (Phi) is 5.38. The molecule has 35 heavy (non-hydrogen) atoms. The Bertz CT molecular complexity index is 1430. The summed E-state index contributed by atoms with van der Waals surface area (Å²) in [4.78, 5) is 21.0. The summed E-state index contributed by atoms with van der Waals surface area (Å²) in [6, 6.07) is 13.8. The third-order valence-corrected chi connectivity index (χ3v) is 7.42. The Hall–Kier alpha value is -3.23. The molecule has 0 bridgehead atoms. The van der Waals surface area contributed by atoms with E-state index < -0.39 is 0 Å². The fourth-order valence-electron chi connectivity index (χ4n) is 5.30. The number of pyridine rings is 2. The smallest absolute Gasteiger partial charge is 0.266 e. The summed E-state index contributed by atoms with van der Waals surface area (Å²) < 4.78 is -0.0289. The van der Waals surface area contributed by atoms with E-state index in [0.29, 0.717) is 28.2 Å². The van der Waals surface area contributed by atoms with Gasteiger partial charge in [-0.1, -0.05) is 29.8 Å². The Morgan fingerprint density at radius 1 is 1.09 bits per heavy atom. The minimum absolute atomic E-state index is 0.0289. The van der Waals surface area contributed by atoms with E-state index in [-0.39, 0.29) is 4.59 Å². The van der Waals surface area contributed by atoms with Crippen molar-refractivity contribution in [1.29, 1.82) is 0 Å². The van der Waals surface area contributed by atoms with Crippen LogP contribution in [0, 0.1) is 11.8 Å². The summed E-state index contributed by atoms with van der Waals surface area (Å²) in [6.45, 7) is 1.09. The number of hydrogen-bond acceptors (Lipinski definition) is 6. The molecular formula is C27H27ClN7+. The van der Waals surface area contributed by atoms with Crippen molar-refractivity contribution >= 4 is 34.6 Å². The standard InChI is InChI=1S/C27H27ClN7/c1-34(2)16-17-13-19(14-17)25-23-15-30-11-12-35(23,29)27(33-25)20-8-6-18-7-9-22(32-26(18)24(20)28)21-5-3-4-10-31-21/h3-12,15,17,19H,13-14,16,29H2,1-2H3/q+1. The number of benzene rings is 1. The SMILES string of the molecule is CN(C)CC1CC(C2=C3C=NC=C[N+]3(N)C(c3ccc4ccc(-c5ccccn5)nc4c3Cl)=N2)C1. The molecule has 0 amide bonds. The molecule has 1 saturated carbocycles. The summed E-state index contributed by atoms with van der Waals surface area (Å²) >= 11 is 7.02. The van der Waals surface area contributed by atoms with E-state index in [2.05, 4.69) is 29.0 Å². The minimum Gasteiger partial charge on any atom is -0.309 e. The second-order valence-electron chi connectivity index (χ2n) is 9.77. The number of allylic oxidation sites excluding steroid dienone is 2. The zero-order valence-corrected chi connectivity index (χ0v) is 20.5. The average Bonchev–Trinajstić information content (AvgIpc) is 3.14. The molecule has 6 rings (SSSR count). The summed E-state index contributed by atoms with van der Waals surface area (Å²) in [5.74, 6) is 8.72. The minimum atomic E-state index is -0.0289. The van der Waals surface area contributed by atoms with Crippen LogP contribution in [0.3, 0.4) is 0 Å². The molecule has 2 aliphatic heterocycles. The van der Waals surface area contributed by atoms with Crippen LogP contribution in [0.2, 0.25) is 5.02 Å². The molecule has 0 spiro atoms. The number of quaternary nitrogens is 1. The molecule has 1 fully saturated rings. The van der Waals surface area contributed by atoms with E-state index in [1.165, 1.54) is 0 Å². The van der Waals surface area contributed by atoms with E-state index in [9.17, 15) is 0 Å². The third-order valence-electron chi connectivity index (χ3n) is 7.04. The quantitative estimate of drug-likeness (QED) is 0.418. The number of amidine groups is 1. The third kappa shape index (κ3) is 3.72. The summed E-state index contributed by atoms with van der Waals surface area (Å²) in [5, 5.41) is 1.49. The van der Waals surface area contributed by atoms with Crippen LogP contribution in [0.1, 0.15) is 18.4 Å². The van der Waals surface area contributed by atoms with Gasteiger partial charge in [-0.15, -0.1) is 4.59 Å². The van der Waals surface area contributed by atoms with Crippen molar-refractivity contribution in [1.82, 2.24) is 14.9 Å². The van der Waals surface area contributed by atoms with Crippen molar-refractivity contribution < 1.29 is 4.59 Å². The first-order valence-electron chi connectivity index (χ1n) is 11.8. The Morgan fingerprint density at radius 2 is 1.91 bits per heavy atom. The molecule has 1 atom stereocenters. The highest BCUT2D eigenvalue weighted by molar-refractivity contribution is 6.38. The maximum atomic E-state index is 7.02. The molecule has 2 aromatic heterocycles. The van der Waals surface area contributed by atoms with Gasteiger partial charge in [-0.3, -0.25) is 9.98 Å². The average molecular weight is 485 g/mol. The van der Waals surface area contributed by atoms with E-state index in [4.69, 9.17) is 27.4 Å². The molecule has 3 aromatic rings. The number of hydrogen-bond donors (Lipinski definition) is 1. The fourth-order valence-corrected chi connectivity index (χ4v) is 5.59. The van der Waals surface area contributed by atoms with Crippen LogP contribution < -0.4 is 5.84 Å². The van der Waals surface area contributed by atoms with Crippen LogP contribution in [0.5, 0.6) is 0 Å². The molecular weight excluding hydrogens is 458 g/mol. The molecule has 4 heterocycles. The number of nitrogens with zero attached hydrogens (tertiary/aromatic N) is 6. The van der Waals surface area contributed by atoms with Gasteiger partial charge >= 0.3 is 0 Å². The molecule has 7 nitrogen and oxygen atoms in total. The molecule has 3 aliphatic rings. The Labute approximate surface area is 209 Å². The molecule has 1 aromatic carbocycles. The van der Waals surface area contributed by atoms with Gasteiger partial charge in [0.2, 0.25) is 5.70 Å². The predicted octanol–water partition coefficient (Wildman–Crippen LogP) is 4.76. The summed E-state index contributed by atoms with van der Waals surface area (Å²) in [6.07, 6.45) is 9.41. The van der Waals surface area contributed by atoms with Crippen LogP contribution >= 0.6 is 11.6 Å². The summed E-state index contributed by atoms with van der Waals surface area (Å²) in [5.41, 5.74) is 5.01. The number of fused-ring (bicyclic) bond motifs is 2. The predicted molar refractivity (Wildman–Crippen MR) is 140 cm³/mol. The van der Waals surface area contributed by atoms with Gasteiger partial charge in [0.1, 0.15) is 11.9 Å². The lowest BCUT2D eigenvalue weighted by Crippen LogP contribution is -2.53.